The second kappa shape index (κ2) is 10.3. The molecule has 3 heterocycles. The maximum absolute atomic E-state index is 13.0. The third-order valence-electron chi connectivity index (χ3n) is 5.95. The van der Waals surface area contributed by atoms with E-state index in [1.807, 2.05) is 40.6 Å². The zero-order chi connectivity index (χ0) is 25.2. The molecule has 1 amide bonds. The van der Waals surface area contributed by atoms with Crippen molar-refractivity contribution in [3.63, 3.8) is 0 Å². The van der Waals surface area contributed by atoms with E-state index in [1.54, 1.807) is 26.0 Å². The molecule has 2 aromatic rings. The van der Waals surface area contributed by atoms with Gasteiger partial charge in [-0.05, 0) is 54.6 Å². The minimum atomic E-state index is -0.489. The number of nitrogens with zero attached hydrogens (tertiary/aromatic N) is 2. The Hall–Kier alpha value is -3.43. The molecule has 186 valence electrons. The molecule has 1 N–H and O–H groups in total. The number of fused-ring (bicyclic) bond motifs is 2. The van der Waals surface area contributed by atoms with Crippen LogP contribution in [0.1, 0.15) is 37.4 Å². The Morgan fingerprint density at radius 3 is 2.75 bits per heavy atom. The lowest BCUT2D eigenvalue weighted by Gasteiger charge is -2.36. The molecule has 0 spiro atoms. The number of rotatable bonds is 7. The lowest BCUT2D eigenvalue weighted by Crippen LogP contribution is -2.38. The molecule has 8 nitrogen and oxygen atoms in total. The van der Waals surface area contributed by atoms with Crippen molar-refractivity contribution in [1.82, 2.24) is 10.2 Å². The number of halogens is 1. The largest absolute Gasteiger partial charge is 0.463 e. The summed E-state index contributed by atoms with van der Waals surface area (Å²) in [5.74, 6) is 0.787. The average molecular weight is 526 g/mol. The fourth-order valence-electron chi connectivity index (χ4n) is 4.28. The maximum atomic E-state index is 13.0. The van der Waals surface area contributed by atoms with Gasteiger partial charge in [-0.25, -0.2) is 9.79 Å². The van der Waals surface area contributed by atoms with Crippen LogP contribution >= 0.6 is 23.4 Å². The van der Waals surface area contributed by atoms with Crippen LogP contribution in [-0.2, 0) is 20.9 Å². The van der Waals surface area contributed by atoms with Gasteiger partial charge in [0.2, 0.25) is 12.7 Å². The molecule has 0 saturated carbocycles. The highest BCUT2D eigenvalue weighted by molar-refractivity contribution is 8.16. The summed E-state index contributed by atoms with van der Waals surface area (Å²) in [6, 6.07) is 12.4. The highest BCUT2D eigenvalue weighted by Gasteiger charge is 2.41. The Bertz CT molecular complexity index is 1310. The van der Waals surface area contributed by atoms with Crippen molar-refractivity contribution in [3.05, 3.63) is 81.0 Å². The topological polar surface area (TPSA) is 89.5 Å². The molecule has 36 heavy (non-hydrogen) atoms. The van der Waals surface area contributed by atoms with Crippen molar-refractivity contribution in [2.45, 2.75) is 32.9 Å². The summed E-state index contributed by atoms with van der Waals surface area (Å²) in [5, 5.41) is 6.17. The number of thioether (sulfide) groups is 1. The van der Waals surface area contributed by atoms with Gasteiger partial charge in [-0.2, -0.15) is 0 Å². The molecule has 0 aliphatic carbocycles. The number of aliphatic imine (C=N–C) groups is 1. The fourth-order valence-corrected chi connectivity index (χ4v) is 5.37. The van der Waals surface area contributed by atoms with E-state index in [0.29, 0.717) is 39.5 Å². The molecule has 1 unspecified atom stereocenters. The van der Waals surface area contributed by atoms with Gasteiger partial charge < -0.3 is 24.4 Å². The number of carbonyl (C=O) groups excluding carboxylic acids is 2. The summed E-state index contributed by atoms with van der Waals surface area (Å²) in [5.41, 5.74) is 3.54. The van der Waals surface area contributed by atoms with Gasteiger partial charge in [0.05, 0.1) is 30.3 Å². The van der Waals surface area contributed by atoms with E-state index in [1.165, 1.54) is 11.8 Å². The number of nitrogens with one attached hydrogen (secondary N) is 1. The summed E-state index contributed by atoms with van der Waals surface area (Å²) in [6.07, 6.45) is 0.121. The number of benzene rings is 2. The first-order valence-electron chi connectivity index (χ1n) is 11.5. The first-order valence-corrected chi connectivity index (χ1v) is 12.7. The van der Waals surface area contributed by atoms with Crippen LogP contribution in [-0.4, -0.2) is 35.3 Å². The molecule has 3 aliphatic heterocycles. The Balaban J connectivity index is 1.36. The summed E-state index contributed by atoms with van der Waals surface area (Å²) in [4.78, 5) is 32.5. The van der Waals surface area contributed by atoms with E-state index in [4.69, 9.17) is 25.8 Å². The van der Waals surface area contributed by atoms with Crippen molar-refractivity contribution < 1.29 is 23.8 Å². The van der Waals surface area contributed by atoms with Crippen LogP contribution < -0.4 is 14.8 Å². The molecule has 2 aromatic carbocycles. The normalized spacial score (nSPS) is 18.0. The molecule has 0 aromatic heterocycles. The minimum absolute atomic E-state index is 0.121. The SMILES string of the molecule is CCOC(=O)C1=C(C)N=C2SC=C(CC(=O)NCc3ccc4c(c3)OCO4)N2C1c1ccc(Cl)cc1. The van der Waals surface area contributed by atoms with Crippen molar-refractivity contribution in [1.29, 1.82) is 0 Å². The summed E-state index contributed by atoms with van der Waals surface area (Å²) < 4.78 is 16.1. The summed E-state index contributed by atoms with van der Waals surface area (Å²) >= 11 is 7.56. The fraction of sp³-hybridized carbons (Fsp3) is 0.269. The lowest BCUT2D eigenvalue weighted by atomic mass is 9.94. The molecule has 1 atom stereocenters. The van der Waals surface area contributed by atoms with Crippen LogP contribution in [0, 0.1) is 0 Å². The van der Waals surface area contributed by atoms with Gasteiger partial charge in [-0.3, -0.25) is 4.79 Å². The highest BCUT2D eigenvalue weighted by Crippen LogP contribution is 2.45. The van der Waals surface area contributed by atoms with E-state index in [9.17, 15) is 9.59 Å². The Morgan fingerprint density at radius 2 is 1.97 bits per heavy atom. The molecular formula is C26H24ClN3O5S. The van der Waals surface area contributed by atoms with Crippen LogP contribution in [0.25, 0.3) is 0 Å². The first kappa shape index (κ1) is 24.3. The molecule has 0 radical (unpaired) electrons. The Morgan fingerprint density at radius 1 is 1.19 bits per heavy atom. The number of ether oxygens (including phenoxy) is 3. The number of hydrogen-bond donors (Lipinski definition) is 1. The van der Waals surface area contributed by atoms with Crippen LogP contribution in [0.3, 0.4) is 0 Å². The van der Waals surface area contributed by atoms with Crippen molar-refractivity contribution in [3.8, 4) is 11.5 Å². The van der Waals surface area contributed by atoms with E-state index in [-0.39, 0.29) is 25.7 Å². The smallest absolute Gasteiger partial charge is 0.338 e. The van der Waals surface area contributed by atoms with E-state index in [0.717, 1.165) is 16.8 Å². The molecule has 5 rings (SSSR count). The van der Waals surface area contributed by atoms with E-state index < -0.39 is 12.0 Å². The molecule has 0 bridgehead atoms. The van der Waals surface area contributed by atoms with Crippen LogP contribution in [0.4, 0.5) is 0 Å². The maximum Gasteiger partial charge on any atom is 0.338 e. The van der Waals surface area contributed by atoms with Crippen LogP contribution in [0.15, 0.2) is 69.8 Å². The molecule has 3 aliphatic rings. The standard InChI is InChI=1S/C26H24ClN3O5S/c1-3-33-25(32)23-15(2)29-26-30(24(23)17-5-7-18(27)8-6-17)19(13-36-26)11-22(31)28-12-16-4-9-20-21(10-16)35-14-34-20/h4-10,13,24H,3,11-12,14H2,1-2H3,(H,28,31). The molecule has 0 fully saturated rings. The number of allylic oxidation sites excluding steroid dienone is 1. The third-order valence-corrected chi connectivity index (χ3v) is 7.09. The van der Waals surface area contributed by atoms with Gasteiger partial charge in [0.25, 0.3) is 0 Å². The monoisotopic (exact) mass is 525 g/mol. The number of esters is 1. The number of amides is 1. The minimum Gasteiger partial charge on any atom is -0.463 e. The van der Waals surface area contributed by atoms with Gasteiger partial charge in [-0.1, -0.05) is 41.6 Å². The van der Waals surface area contributed by atoms with Gasteiger partial charge in [0.1, 0.15) is 0 Å². The van der Waals surface area contributed by atoms with Crippen molar-refractivity contribution in [2.75, 3.05) is 13.4 Å². The van der Waals surface area contributed by atoms with Gasteiger partial charge in [0, 0.05) is 17.3 Å². The zero-order valence-corrected chi connectivity index (χ0v) is 21.3. The second-order valence-electron chi connectivity index (χ2n) is 8.31. The van der Waals surface area contributed by atoms with E-state index in [2.05, 4.69) is 10.3 Å². The van der Waals surface area contributed by atoms with Crippen molar-refractivity contribution in [2.24, 2.45) is 4.99 Å². The molecular weight excluding hydrogens is 502 g/mol. The first-order chi connectivity index (χ1) is 17.4. The molecule has 10 heteroatoms. The summed E-state index contributed by atoms with van der Waals surface area (Å²) in [6.45, 7) is 4.37. The molecule has 0 saturated heterocycles. The van der Waals surface area contributed by atoms with Crippen molar-refractivity contribution >= 4 is 40.4 Å². The number of carbonyl (C=O) groups is 2. The van der Waals surface area contributed by atoms with Gasteiger partial charge in [0.15, 0.2) is 16.7 Å². The summed E-state index contributed by atoms with van der Waals surface area (Å²) in [7, 11) is 0. The Kier molecular flexibility index (Phi) is 6.93. The predicted molar refractivity (Wildman–Crippen MR) is 138 cm³/mol. The zero-order valence-electron chi connectivity index (χ0n) is 19.7. The average Bonchev–Trinajstić information content (AvgIpc) is 3.49. The third kappa shape index (κ3) is 4.81. The van der Waals surface area contributed by atoms with Gasteiger partial charge in [-0.15, -0.1) is 0 Å². The lowest BCUT2D eigenvalue weighted by molar-refractivity contribution is -0.139. The second-order valence-corrected chi connectivity index (χ2v) is 9.58. The quantitative estimate of drug-likeness (QED) is 0.513. The predicted octanol–water partition coefficient (Wildman–Crippen LogP) is 4.91. The Labute approximate surface area is 217 Å². The highest BCUT2D eigenvalue weighted by atomic mass is 35.5. The van der Waals surface area contributed by atoms with Crippen LogP contribution in [0.2, 0.25) is 5.02 Å². The van der Waals surface area contributed by atoms with Gasteiger partial charge >= 0.3 is 5.97 Å². The number of hydrogen-bond acceptors (Lipinski definition) is 8. The number of amidine groups is 1. The van der Waals surface area contributed by atoms with Crippen LogP contribution in [0.5, 0.6) is 11.5 Å². The van der Waals surface area contributed by atoms with E-state index >= 15 is 0 Å².